The van der Waals surface area contributed by atoms with E-state index < -0.39 is 48.8 Å². The molecular weight excluding hydrogens is 380 g/mol. The maximum absolute atomic E-state index is 13.1. The molecule has 8 heteroatoms. The summed E-state index contributed by atoms with van der Waals surface area (Å²) in [6, 6.07) is 7.58. The van der Waals surface area contributed by atoms with Crippen molar-refractivity contribution in [1.82, 2.24) is 0 Å². The van der Waals surface area contributed by atoms with Crippen molar-refractivity contribution in [2.45, 2.75) is 43.4 Å². The summed E-state index contributed by atoms with van der Waals surface area (Å²) in [5.41, 5.74) is 1.34. The normalized spacial score (nSPS) is 31.3. The SMILES string of the molecule is Cc1cc(O)c2c(c1)[C@@H]([C@@H]1O[C@H](CO)[C@@H](O)[C@H](O)[C@H]1O)c1cccc(O)c1C2=O. The van der Waals surface area contributed by atoms with E-state index in [1.165, 1.54) is 12.1 Å². The van der Waals surface area contributed by atoms with Crippen molar-refractivity contribution in [2.24, 2.45) is 0 Å². The van der Waals surface area contributed by atoms with E-state index in [0.717, 1.165) is 0 Å². The summed E-state index contributed by atoms with van der Waals surface area (Å²) in [6.45, 7) is 1.14. The van der Waals surface area contributed by atoms with Gasteiger partial charge in [0.25, 0.3) is 0 Å². The molecular formula is C21H22O8. The molecule has 0 amide bonds. The first-order chi connectivity index (χ1) is 13.8. The Kier molecular flexibility index (Phi) is 4.84. The Morgan fingerprint density at radius 3 is 2.31 bits per heavy atom. The number of aryl methyl sites for hydroxylation is 1. The highest BCUT2D eigenvalue weighted by atomic mass is 16.5. The Hall–Kier alpha value is -2.49. The van der Waals surface area contributed by atoms with Crippen LogP contribution in [0.15, 0.2) is 30.3 Å². The summed E-state index contributed by atoms with van der Waals surface area (Å²) in [5, 5.41) is 61.4. The molecule has 0 aromatic heterocycles. The van der Waals surface area contributed by atoms with E-state index >= 15 is 0 Å². The predicted octanol–water partition coefficient (Wildman–Crippen LogP) is -0.0751. The molecule has 2 aromatic carbocycles. The van der Waals surface area contributed by atoms with Gasteiger partial charge in [0.1, 0.15) is 35.9 Å². The van der Waals surface area contributed by atoms with E-state index in [0.29, 0.717) is 16.7 Å². The van der Waals surface area contributed by atoms with Crippen LogP contribution in [0.25, 0.3) is 0 Å². The van der Waals surface area contributed by atoms with E-state index in [-0.39, 0.29) is 22.6 Å². The topological polar surface area (TPSA) is 148 Å². The lowest BCUT2D eigenvalue weighted by atomic mass is 9.71. The molecule has 2 aliphatic rings. The molecule has 1 aliphatic heterocycles. The number of aliphatic hydroxyl groups is 4. The van der Waals surface area contributed by atoms with E-state index in [4.69, 9.17) is 4.74 Å². The summed E-state index contributed by atoms with van der Waals surface area (Å²) in [5.74, 6) is -1.96. The minimum absolute atomic E-state index is 0.0217. The Labute approximate surface area is 166 Å². The Morgan fingerprint density at radius 1 is 0.931 bits per heavy atom. The quantitative estimate of drug-likeness (QED) is 0.409. The van der Waals surface area contributed by atoms with Gasteiger partial charge in [0, 0.05) is 5.92 Å². The van der Waals surface area contributed by atoms with Gasteiger partial charge in [0.15, 0.2) is 0 Å². The molecule has 0 radical (unpaired) electrons. The maximum Gasteiger partial charge on any atom is 0.201 e. The average Bonchev–Trinajstić information content (AvgIpc) is 2.67. The van der Waals surface area contributed by atoms with Crippen LogP contribution in [-0.2, 0) is 4.74 Å². The zero-order valence-corrected chi connectivity index (χ0v) is 15.6. The lowest BCUT2D eigenvalue weighted by Crippen LogP contribution is -2.60. The first-order valence-corrected chi connectivity index (χ1v) is 9.26. The summed E-state index contributed by atoms with van der Waals surface area (Å²) < 4.78 is 5.75. The number of hydrogen-bond acceptors (Lipinski definition) is 8. The highest BCUT2D eigenvalue weighted by Crippen LogP contribution is 2.47. The van der Waals surface area contributed by atoms with Crippen LogP contribution >= 0.6 is 0 Å². The minimum atomic E-state index is -1.59. The first kappa shape index (κ1) is 19.8. The average molecular weight is 402 g/mol. The lowest BCUT2D eigenvalue weighted by Gasteiger charge is -2.45. The number of carbonyl (C=O) groups excluding carboxylic acids is 1. The third-order valence-corrected chi connectivity index (χ3v) is 5.75. The number of hydrogen-bond donors (Lipinski definition) is 6. The van der Waals surface area contributed by atoms with Crippen LogP contribution in [0.3, 0.4) is 0 Å². The van der Waals surface area contributed by atoms with Gasteiger partial charge in [-0.25, -0.2) is 0 Å². The van der Waals surface area contributed by atoms with Crippen LogP contribution < -0.4 is 0 Å². The number of phenolic OH excluding ortho intramolecular Hbond substituents is 2. The van der Waals surface area contributed by atoms with Crippen LogP contribution in [0.5, 0.6) is 11.5 Å². The molecule has 1 heterocycles. The number of aromatic hydroxyl groups is 2. The zero-order valence-electron chi connectivity index (χ0n) is 15.6. The number of ketones is 1. The smallest absolute Gasteiger partial charge is 0.201 e. The molecule has 0 saturated carbocycles. The largest absolute Gasteiger partial charge is 0.507 e. The molecule has 154 valence electrons. The van der Waals surface area contributed by atoms with Gasteiger partial charge in [-0.2, -0.15) is 0 Å². The molecule has 2 aromatic rings. The van der Waals surface area contributed by atoms with Crippen LogP contribution in [0.2, 0.25) is 0 Å². The van der Waals surface area contributed by atoms with Crippen molar-refractivity contribution in [2.75, 3.05) is 6.61 Å². The molecule has 6 N–H and O–H groups in total. The van der Waals surface area contributed by atoms with Gasteiger partial charge < -0.3 is 35.4 Å². The summed E-state index contributed by atoms with van der Waals surface area (Å²) in [6.07, 6.45) is -6.94. The standard InChI is InChI=1S/C21H22O8/c1-8-5-10-14(21-20(28)19(27)17(25)13(7-22)29-21)9-3-2-4-11(23)15(9)18(26)16(10)12(24)6-8/h2-6,13-14,17,19-25,27-28H,7H2,1H3/t13-,14+,17-,19+,20-,21+/m1/s1. The van der Waals surface area contributed by atoms with Gasteiger partial charge in [0.05, 0.1) is 23.8 Å². The number of ether oxygens (including phenoxy) is 1. The lowest BCUT2D eigenvalue weighted by molar-refractivity contribution is -0.232. The van der Waals surface area contributed by atoms with Gasteiger partial charge in [0.2, 0.25) is 5.78 Å². The summed E-state index contributed by atoms with van der Waals surface area (Å²) >= 11 is 0. The second kappa shape index (κ2) is 7.08. The number of rotatable bonds is 2. The molecule has 1 saturated heterocycles. The number of fused-ring (bicyclic) bond motifs is 2. The number of carbonyl (C=O) groups is 1. The van der Waals surface area contributed by atoms with Gasteiger partial charge >= 0.3 is 0 Å². The van der Waals surface area contributed by atoms with Crippen molar-refractivity contribution in [3.05, 3.63) is 58.1 Å². The fourth-order valence-corrected chi connectivity index (χ4v) is 4.40. The van der Waals surface area contributed by atoms with Gasteiger partial charge in [-0.05, 0) is 35.7 Å². The second-order valence-corrected chi connectivity index (χ2v) is 7.59. The Morgan fingerprint density at radius 2 is 1.62 bits per heavy atom. The number of benzene rings is 2. The van der Waals surface area contributed by atoms with Gasteiger partial charge in [-0.15, -0.1) is 0 Å². The minimum Gasteiger partial charge on any atom is -0.507 e. The first-order valence-electron chi connectivity index (χ1n) is 9.26. The number of phenols is 2. The molecule has 6 atom stereocenters. The highest BCUT2D eigenvalue weighted by molar-refractivity contribution is 6.16. The fraction of sp³-hybridized carbons (Fsp3) is 0.381. The Bertz CT molecular complexity index is 969. The van der Waals surface area contributed by atoms with Crippen molar-refractivity contribution in [3.63, 3.8) is 0 Å². The van der Waals surface area contributed by atoms with Gasteiger partial charge in [-0.3, -0.25) is 4.79 Å². The monoisotopic (exact) mass is 402 g/mol. The molecule has 1 aliphatic carbocycles. The molecule has 4 rings (SSSR count). The molecule has 0 spiro atoms. The maximum atomic E-state index is 13.1. The van der Waals surface area contributed by atoms with Crippen molar-refractivity contribution in [3.8, 4) is 11.5 Å². The van der Waals surface area contributed by atoms with E-state index in [2.05, 4.69) is 0 Å². The highest BCUT2D eigenvalue weighted by Gasteiger charge is 2.50. The third kappa shape index (κ3) is 2.92. The molecule has 0 unspecified atom stereocenters. The summed E-state index contributed by atoms with van der Waals surface area (Å²) in [7, 11) is 0. The van der Waals surface area contributed by atoms with Crippen molar-refractivity contribution in [1.29, 1.82) is 0 Å². The van der Waals surface area contributed by atoms with Crippen LogP contribution in [-0.4, -0.2) is 73.5 Å². The predicted molar refractivity (Wildman–Crippen MR) is 100.0 cm³/mol. The zero-order chi connectivity index (χ0) is 21.0. The molecule has 29 heavy (non-hydrogen) atoms. The van der Waals surface area contributed by atoms with Crippen LogP contribution in [0.4, 0.5) is 0 Å². The van der Waals surface area contributed by atoms with Crippen LogP contribution in [0.1, 0.15) is 38.5 Å². The van der Waals surface area contributed by atoms with Crippen molar-refractivity contribution < 1.29 is 40.2 Å². The number of aliphatic hydroxyl groups excluding tert-OH is 4. The van der Waals surface area contributed by atoms with E-state index in [1.54, 1.807) is 25.1 Å². The molecule has 0 bridgehead atoms. The van der Waals surface area contributed by atoms with E-state index in [1.807, 2.05) is 0 Å². The fourth-order valence-electron chi connectivity index (χ4n) is 4.40. The van der Waals surface area contributed by atoms with Gasteiger partial charge in [-0.1, -0.05) is 18.2 Å². The summed E-state index contributed by atoms with van der Waals surface area (Å²) in [4.78, 5) is 13.1. The molecule has 8 nitrogen and oxygen atoms in total. The van der Waals surface area contributed by atoms with E-state index in [9.17, 15) is 35.4 Å². The van der Waals surface area contributed by atoms with Crippen molar-refractivity contribution >= 4 is 5.78 Å². The third-order valence-electron chi connectivity index (χ3n) is 5.75. The second-order valence-electron chi connectivity index (χ2n) is 7.59. The van der Waals surface area contributed by atoms with Crippen LogP contribution in [0, 0.1) is 6.92 Å². The molecule has 1 fully saturated rings. The Balaban J connectivity index is 1.95.